The molecule has 0 amide bonds. The summed E-state index contributed by atoms with van der Waals surface area (Å²) >= 11 is 8.03. The molecule has 1 saturated carbocycles. The van der Waals surface area contributed by atoms with E-state index >= 15 is 0 Å². The van der Waals surface area contributed by atoms with Gasteiger partial charge in [-0.3, -0.25) is 0 Å². The highest BCUT2D eigenvalue weighted by molar-refractivity contribution is 7.80. The van der Waals surface area contributed by atoms with Gasteiger partial charge >= 0.3 is 0 Å². The van der Waals surface area contributed by atoms with Gasteiger partial charge in [-0.15, -0.1) is 25.3 Å². The molecule has 0 spiro atoms. The van der Waals surface area contributed by atoms with Crippen LogP contribution in [0.25, 0.3) is 0 Å². The zero-order valence-electron chi connectivity index (χ0n) is 6.23. The number of rotatable bonds is 2. The predicted octanol–water partition coefficient (Wildman–Crippen LogP) is 1.02. The highest BCUT2D eigenvalue weighted by Crippen LogP contribution is 2.23. The molecule has 0 saturated heterocycles. The first-order chi connectivity index (χ1) is 5.74. The molecule has 4 nitrogen and oxygen atoms in total. The van der Waals surface area contributed by atoms with Crippen LogP contribution in [-0.4, -0.2) is 21.0 Å². The topological polar surface area (TPSA) is 50.7 Å². The van der Waals surface area contributed by atoms with E-state index in [4.69, 9.17) is 0 Å². The number of nitrogens with zero attached hydrogens (tertiary/aromatic N) is 3. The fourth-order valence-corrected chi connectivity index (χ4v) is 1.29. The SMILES string of the molecule is Sc1nc(S)nc(NC2CC2)n1. The Kier molecular flexibility index (Phi) is 2.10. The van der Waals surface area contributed by atoms with E-state index in [1.807, 2.05) is 0 Å². The van der Waals surface area contributed by atoms with Crippen molar-refractivity contribution in [2.45, 2.75) is 29.2 Å². The summed E-state index contributed by atoms with van der Waals surface area (Å²) in [5.74, 6) is 0.572. The average Bonchev–Trinajstić information content (AvgIpc) is 2.68. The van der Waals surface area contributed by atoms with Gasteiger partial charge < -0.3 is 5.32 Å². The zero-order chi connectivity index (χ0) is 8.55. The maximum Gasteiger partial charge on any atom is 0.227 e. The number of aromatic nitrogens is 3. The zero-order valence-corrected chi connectivity index (χ0v) is 8.02. The van der Waals surface area contributed by atoms with E-state index in [0.717, 1.165) is 0 Å². The summed E-state index contributed by atoms with van der Waals surface area (Å²) in [5.41, 5.74) is 0. The van der Waals surface area contributed by atoms with E-state index in [1.165, 1.54) is 12.8 Å². The molecular weight excluding hydrogens is 192 g/mol. The molecule has 6 heteroatoms. The Morgan fingerprint density at radius 2 is 1.67 bits per heavy atom. The summed E-state index contributed by atoms with van der Waals surface area (Å²) in [6.45, 7) is 0. The number of hydrogen-bond acceptors (Lipinski definition) is 6. The minimum atomic E-state index is 0.401. The maximum absolute atomic E-state index is 4.02. The Bertz CT molecular complexity index is 279. The van der Waals surface area contributed by atoms with Crippen molar-refractivity contribution in [3.8, 4) is 0 Å². The maximum atomic E-state index is 4.02. The highest BCUT2D eigenvalue weighted by atomic mass is 32.1. The minimum absolute atomic E-state index is 0.401. The van der Waals surface area contributed by atoms with Crippen molar-refractivity contribution in [3.63, 3.8) is 0 Å². The summed E-state index contributed by atoms with van der Waals surface area (Å²) in [7, 11) is 0. The van der Waals surface area contributed by atoms with E-state index in [9.17, 15) is 0 Å². The Hall–Kier alpha value is -0.490. The second-order valence-corrected chi connectivity index (χ2v) is 3.48. The van der Waals surface area contributed by atoms with E-state index < -0.39 is 0 Å². The second kappa shape index (κ2) is 3.10. The lowest BCUT2D eigenvalue weighted by Gasteiger charge is -2.02. The molecule has 1 heterocycles. The van der Waals surface area contributed by atoms with Crippen molar-refractivity contribution in [1.82, 2.24) is 15.0 Å². The molecule has 0 aliphatic heterocycles. The standard InChI is InChI=1S/C6H8N4S2/c11-5-8-4(7-3-1-2-3)9-6(12)10-5/h3H,1-2H2,(H3,7,8,9,10,11,12). The fraction of sp³-hybridized carbons (Fsp3) is 0.500. The van der Waals surface area contributed by atoms with Gasteiger partial charge in [0.25, 0.3) is 0 Å². The summed E-state index contributed by atoms with van der Waals surface area (Å²) in [4.78, 5) is 11.8. The first kappa shape index (κ1) is 8.12. The molecule has 1 aromatic heterocycles. The molecule has 1 aromatic rings. The van der Waals surface area contributed by atoms with Crippen LogP contribution in [0.1, 0.15) is 12.8 Å². The Morgan fingerprint density at radius 1 is 1.08 bits per heavy atom. The molecule has 0 radical (unpaired) electrons. The largest absolute Gasteiger partial charge is 0.351 e. The van der Waals surface area contributed by atoms with Crippen LogP contribution in [0.4, 0.5) is 5.95 Å². The van der Waals surface area contributed by atoms with E-state index in [2.05, 4.69) is 45.5 Å². The van der Waals surface area contributed by atoms with Crippen molar-refractivity contribution >= 4 is 31.2 Å². The van der Waals surface area contributed by atoms with Crippen molar-refractivity contribution in [3.05, 3.63) is 0 Å². The third kappa shape index (κ3) is 2.01. The van der Waals surface area contributed by atoms with Crippen LogP contribution in [-0.2, 0) is 0 Å². The third-order valence-electron chi connectivity index (χ3n) is 1.52. The van der Waals surface area contributed by atoms with Gasteiger partial charge in [-0.25, -0.2) is 0 Å². The van der Waals surface area contributed by atoms with E-state index in [-0.39, 0.29) is 0 Å². The first-order valence-electron chi connectivity index (χ1n) is 3.64. The van der Waals surface area contributed by atoms with Crippen LogP contribution >= 0.6 is 25.3 Å². The highest BCUT2D eigenvalue weighted by Gasteiger charge is 2.22. The van der Waals surface area contributed by atoms with Crippen LogP contribution in [0.15, 0.2) is 10.3 Å². The Labute approximate surface area is 81.0 Å². The molecule has 1 aliphatic rings. The quantitative estimate of drug-likeness (QED) is 0.624. The van der Waals surface area contributed by atoms with Crippen LogP contribution in [0.2, 0.25) is 0 Å². The molecule has 0 unspecified atom stereocenters. The molecule has 12 heavy (non-hydrogen) atoms. The van der Waals surface area contributed by atoms with Gasteiger partial charge in [0, 0.05) is 6.04 Å². The number of thiol groups is 2. The first-order valence-corrected chi connectivity index (χ1v) is 4.54. The number of hydrogen-bond donors (Lipinski definition) is 3. The van der Waals surface area contributed by atoms with Gasteiger partial charge in [0.15, 0.2) is 10.3 Å². The monoisotopic (exact) mass is 200 g/mol. The Balaban J connectivity index is 2.18. The summed E-state index contributed by atoms with van der Waals surface area (Å²) < 4.78 is 0. The fourth-order valence-electron chi connectivity index (χ4n) is 0.829. The smallest absolute Gasteiger partial charge is 0.227 e. The van der Waals surface area contributed by atoms with Gasteiger partial charge in [-0.1, -0.05) is 0 Å². The van der Waals surface area contributed by atoms with Crippen molar-refractivity contribution in [2.75, 3.05) is 5.32 Å². The molecule has 64 valence electrons. The van der Waals surface area contributed by atoms with Crippen molar-refractivity contribution in [1.29, 1.82) is 0 Å². The molecule has 1 N–H and O–H groups in total. The lowest BCUT2D eigenvalue weighted by atomic mass is 10.7. The van der Waals surface area contributed by atoms with Gasteiger partial charge in [-0.05, 0) is 12.8 Å². The summed E-state index contributed by atoms with van der Waals surface area (Å²) in [6, 6.07) is 0.535. The van der Waals surface area contributed by atoms with Crippen molar-refractivity contribution < 1.29 is 0 Å². The van der Waals surface area contributed by atoms with Crippen LogP contribution in [0.3, 0.4) is 0 Å². The number of anilines is 1. The minimum Gasteiger partial charge on any atom is -0.351 e. The molecule has 0 aromatic carbocycles. The number of nitrogens with one attached hydrogen (secondary N) is 1. The summed E-state index contributed by atoms with van der Waals surface area (Å²) in [5, 5.41) is 3.94. The molecular formula is C6H8N4S2. The average molecular weight is 200 g/mol. The molecule has 1 fully saturated rings. The Morgan fingerprint density at radius 3 is 2.17 bits per heavy atom. The molecule has 0 bridgehead atoms. The van der Waals surface area contributed by atoms with Gasteiger partial charge in [-0.2, -0.15) is 15.0 Å². The lowest BCUT2D eigenvalue weighted by molar-refractivity contribution is 0.806. The molecule has 2 rings (SSSR count). The van der Waals surface area contributed by atoms with Crippen LogP contribution in [0.5, 0.6) is 0 Å². The van der Waals surface area contributed by atoms with Gasteiger partial charge in [0.05, 0.1) is 0 Å². The van der Waals surface area contributed by atoms with E-state index in [1.54, 1.807) is 0 Å². The van der Waals surface area contributed by atoms with Crippen molar-refractivity contribution in [2.24, 2.45) is 0 Å². The second-order valence-electron chi connectivity index (χ2n) is 2.68. The van der Waals surface area contributed by atoms with Crippen LogP contribution < -0.4 is 5.32 Å². The molecule has 1 aliphatic carbocycles. The molecule has 0 atom stereocenters. The predicted molar refractivity (Wildman–Crippen MR) is 51.0 cm³/mol. The van der Waals surface area contributed by atoms with Gasteiger partial charge in [0.1, 0.15) is 0 Å². The van der Waals surface area contributed by atoms with E-state index in [0.29, 0.717) is 22.3 Å². The lowest BCUT2D eigenvalue weighted by Crippen LogP contribution is -2.06. The normalized spacial score (nSPS) is 16.2. The summed E-state index contributed by atoms with van der Waals surface area (Å²) in [6.07, 6.45) is 2.38. The van der Waals surface area contributed by atoms with Gasteiger partial charge in [0.2, 0.25) is 5.95 Å². The third-order valence-corrected chi connectivity index (χ3v) is 1.92. The van der Waals surface area contributed by atoms with Crippen LogP contribution in [0, 0.1) is 0 Å².